The van der Waals surface area contributed by atoms with E-state index in [4.69, 9.17) is 4.74 Å². The Morgan fingerprint density at radius 2 is 2.12 bits per heavy atom. The monoisotopic (exact) mass is 234 g/mol. The van der Waals surface area contributed by atoms with Crippen molar-refractivity contribution in [3.05, 3.63) is 24.3 Å². The van der Waals surface area contributed by atoms with Crippen molar-refractivity contribution in [3.8, 4) is 5.75 Å². The summed E-state index contributed by atoms with van der Waals surface area (Å²) in [6.45, 7) is 5.60. The third-order valence-corrected chi connectivity index (χ3v) is 3.42. The normalized spacial score (nSPS) is 21.8. The number of hydrogen-bond acceptors (Lipinski definition) is 3. The molecule has 2 rings (SSSR count). The molecule has 1 atom stereocenters. The highest BCUT2D eigenvalue weighted by Crippen LogP contribution is 2.30. The van der Waals surface area contributed by atoms with Gasteiger partial charge >= 0.3 is 0 Å². The Morgan fingerprint density at radius 3 is 2.94 bits per heavy atom. The minimum Gasteiger partial charge on any atom is -0.495 e. The van der Waals surface area contributed by atoms with E-state index in [2.05, 4.69) is 29.3 Å². The largest absolute Gasteiger partial charge is 0.495 e. The van der Waals surface area contributed by atoms with E-state index in [1.165, 1.54) is 18.5 Å². The van der Waals surface area contributed by atoms with Gasteiger partial charge in [-0.15, -0.1) is 0 Å². The quantitative estimate of drug-likeness (QED) is 0.849. The van der Waals surface area contributed by atoms with E-state index < -0.39 is 0 Å². The van der Waals surface area contributed by atoms with Crippen molar-refractivity contribution < 1.29 is 4.74 Å². The number of ether oxygens (including phenoxy) is 1. The topological polar surface area (TPSA) is 24.5 Å². The molecule has 1 aromatic carbocycles. The van der Waals surface area contributed by atoms with Gasteiger partial charge in [-0.3, -0.25) is 0 Å². The maximum atomic E-state index is 5.46. The second kappa shape index (κ2) is 5.92. The maximum Gasteiger partial charge on any atom is 0.142 e. The van der Waals surface area contributed by atoms with Gasteiger partial charge in [0.15, 0.2) is 0 Å². The van der Waals surface area contributed by atoms with Crippen LogP contribution in [0, 0.1) is 0 Å². The van der Waals surface area contributed by atoms with Gasteiger partial charge in [0.1, 0.15) is 5.75 Å². The average molecular weight is 234 g/mol. The van der Waals surface area contributed by atoms with Crippen molar-refractivity contribution >= 4 is 5.69 Å². The molecule has 3 nitrogen and oxygen atoms in total. The van der Waals surface area contributed by atoms with E-state index >= 15 is 0 Å². The molecule has 1 aromatic rings. The van der Waals surface area contributed by atoms with Crippen LogP contribution in [0.4, 0.5) is 5.69 Å². The van der Waals surface area contributed by atoms with Crippen molar-refractivity contribution in [1.82, 2.24) is 5.32 Å². The summed E-state index contributed by atoms with van der Waals surface area (Å²) in [5.74, 6) is 0.980. The van der Waals surface area contributed by atoms with Crippen LogP contribution in [0.15, 0.2) is 24.3 Å². The predicted molar refractivity (Wildman–Crippen MR) is 71.9 cm³/mol. The molecule has 3 heteroatoms. The van der Waals surface area contributed by atoms with Crippen LogP contribution in [0.2, 0.25) is 0 Å². The molecular formula is C14H22N2O. The van der Waals surface area contributed by atoms with Gasteiger partial charge in [-0.05, 0) is 45.0 Å². The molecule has 0 spiro atoms. The number of para-hydroxylation sites is 2. The molecule has 17 heavy (non-hydrogen) atoms. The van der Waals surface area contributed by atoms with Crippen LogP contribution in [-0.2, 0) is 0 Å². The molecule has 94 valence electrons. The molecule has 1 saturated heterocycles. The molecule has 0 bridgehead atoms. The summed E-state index contributed by atoms with van der Waals surface area (Å²) in [5.41, 5.74) is 1.23. The van der Waals surface area contributed by atoms with E-state index in [0.29, 0.717) is 6.04 Å². The average Bonchev–Trinajstić information content (AvgIpc) is 2.35. The van der Waals surface area contributed by atoms with E-state index in [-0.39, 0.29) is 0 Å². The fourth-order valence-corrected chi connectivity index (χ4v) is 2.41. The van der Waals surface area contributed by atoms with Crippen molar-refractivity contribution in [2.75, 3.05) is 31.6 Å². The Kier molecular flexibility index (Phi) is 4.26. The molecule has 1 aliphatic rings. The Labute approximate surface area is 104 Å². The maximum absolute atomic E-state index is 5.46. The molecular weight excluding hydrogens is 212 g/mol. The number of nitrogens with one attached hydrogen (secondary N) is 1. The molecule has 0 radical (unpaired) electrons. The first-order valence-electron chi connectivity index (χ1n) is 6.43. The van der Waals surface area contributed by atoms with Crippen LogP contribution in [0.5, 0.6) is 5.75 Å². The zero-order valence-electron chi connectivity index (χ0n) is 10.8. The van der Waals surface area contributed by atoms with Crippen LogP contribution in [0.25, 0.3) is 0 Å². The second-order valence-corrected chi connectivity index (χ2v) is 4.61. The minimum atomic E-state index is 0.555. The molecule has 1 N–H and O–H groups in total. The standard InChI is InChI=1S/C14H22N2O/c1-12-8-10-15-9-5-11-16(12)13-6-3-4-7-14(13)17-2/h3-4,6-7,12,15H,5,8-11H2,1-2H3. The zero-order valence-corrected chi connectivity index (χ0v) is 10.8. The minimum absolute atomic E-state index is 0.555. The summed E-state index contributed by atoms with van der Waals surface area (Å²) < 4.78 is 5.46. The number of methoxy groups -OCH3 is 1. The Bertz CT molecular complexity index is 354. The highest BCUT2D eigenvalue weighted by molar-refractivity contribution is 5.59. The summed E-state index contributed by atoms with van der Waals surface area (Å²) in [6.07, 6.45) is 2.36. The van der Waals surface area contributed by atoms with E-state index in [0.717, 1.165) is 25.4 Å². The lowest BCUT2D eigenvalue weighted by Gasteiger charge is -2.34. The SMILES string of the molecule is COc1ccccc1N1CCCNCCC1C. The number of nitrogens with zero attached hydrogens (tertiary/aromatic N) is 1. The van der Waals surface area contributed by atoms with Crippen LogP contribution in [-0.4, -0.2) is 32.8 Å². The van der Waals surface area contributed by atoms with Gasteiger partial charge in [0.2, 0.25) is 0 Å². The van der Waals surface area contributed by atoms with Gasteiger partial charge in [-0.25, -0.2) is 0 Å². The first kappa shape index (κ1) is 12.2. The lowest BCUT2D eigenvalue weighted by atomic mass is 10.1. The van der Waals surface area contributed by atoms with Crippen molar-refractivity contribution in [2.24, 2.45) is 0 Å². The van der Waals surface area contributed by atoms with Gasteiger partial charge in [0.05, 0.1) is 12.8 Å². The van der Waals surface area contributed by atoms with Gasteiger partial charge in [0.25, 0.3) is 0 Å². The summed E-state index contributed by atoms with van der Waals surface area (Å²) in [4.78, 5) is 2.47. The molecule has 1 aliphatic heterocycles. The number of benzene rings is 1. The molecule has 1 unspecified atom stereocenters. The third kappa shape index (κ3) is 2.91. The Hall–Kier alpha value is -1.22. The fraction of sp³-hybridized carbons (Fsp3) is 0.571. The van der Waals surface area contributed by atoms with E-state index in [1.807, 2.05) is 12.1 Å². The molecule has 0 aliphatic carbocycles. The van der Waals surface area contributed by atoms with Crippen molar-refractivity contribution in [3.63, 3.8) is 0 Å². The van der Waals surface area contributed by atoms with Crippen LogP contribution >= 0.6 is 0 Å². The van der Waals surface area contributed by atoms with Crippen LogP contribution < -0.4 is 15.0 Å². The van der Waals surface area contributed by atoms with Gasteiger partial charge in [-0.1, -0.05) is 12.1 Å². The highest BCUT2D eigenvalue weighted by atomic mass is 16.5. The van der Waals surface area contributed by atoms with Crippen molar-refractivity contribution in [1.29, 1.82) is 0 Å². The first-order chi connectivity index (χ1) is 8.33. The van der Waals surface area contributed by atoms with E-state index in [9.17, 15) is 0 Å². The van der Waals surface area contributed by atoms with Crippen LogP contribution in [0.1, 0.15) is 19.8 Å². The Morgan fingerprint density at radius 1 is 1.29 bits per heavy atom. The zero-order chi connectivity index (χ0) is 12.1. The third-order valence-electron chi connectivity index (χ3n) is 3.42. The van der Waals surface area contributed by atoms with Gasteiger partial charge < -0.3 is 15.0 Å². The van der Waals surface area contributed by atoms with Crippen LogP contribution in [0.3, 0.4) is 0 Å². The molecule has 1 heterocycles. The van der Waals surface area contributed by atoms with Gasteiger partial charge in [-0.2, -0.15) is 0 Å². The van der Waals surface area contributed by atoms with Gasteiger partial charge in [0, 0.05) is 12.6 Å². The summed E-state index contributed by atoms with van der Waals surface area (Å²) in [6, 6.07) is 8.86. The van der Waals surface area contributed by atoms with Crippen molar-refractivity contribution in [2.45, 2.75) is 25.8 Å². The molecule has 0 amide bonds. The molecule has 0 saturated carbocycles. The molecule has 0 aromatic heterocycles. The second-order valence-electron chi connectivity index (χ2n) is 4.61. The summed E-state index contributed by atoms with van der Waals surface area (Å²) in [7, 11) is 1.75. The number of hydrogen-bond donors (Lipinski definition) is 1. The lowest BCUT2D eigenvalue weighted by molar-refractivity contribution is 0.410. The highest BCUT2D eigenvalue weighted by Gasteiger charge is 2.18. The predicted octanol–water partition coefficient (Wildman–Crippen LogP) is 2.27. The number of rotatable bonds is 2. The van der Waals surface area contributed by atoms with E-state index in [1.54, 1.807) is 7.11 Å². The molecule has 1 fully saturated rings. The summed E-state index contributed by atoms with van der Waals surface area (Å²) in [5, 5.41) is 3.46. The Balaban J connectivity index is 2.22. The lowest BCUT2D eigenvalue weighted by Crippen LogP contribution is -2.40. The first-order valence-corrected chi connectivity index (χ1v) is 6.43. The smallest absolute Gasteiger partial charge is 0.142 e. The number of anilines is 1. The summed E-state index contributed by atoms with van der Waals surface area (Å²) >= 11 is 0. The fourth-order valence-electron chi connectivity index (χ4n) is 2.41.